The lowest BCUT2D eigenvalue weighted by atomic mass is 10.2. The van der Waals surface area contributed by atoms with E-state index in [0.717, 1.165) is 0 Å². The molecule has 0 fully saturated rings. The summed E-state index contributed by atoms with van der Waals surface area (Å²) in [5.74, 6) is -1.42. The van der Waals surface area contributed by atoms with Crippen LogP contribution in [-0.4, -0.2) is 46.7 Å². The molecule has 0 aliphatic rings. The Bertz CT molecular complexity index is 532. The van der Waals surface area contributed by atoms with Gasteiger partial charge in [0, 0.05) is 25.2 Å². The van der Waals surface area contributed by atoms with Crippen LogP contribution < -0.4 is 5.32 Å². The molecule has 1 amide bonds. The molecule has 0 bridgehead atoms. The zero-order valence-corrected chi connectivity index (χ0v) is 12.8. The van der Waals surface area contributed by atoms with Gasteiger partial charge in [0.15, 0.2) is 0 Å². The Morgan fingerprint density at radius 2 is 2.14 bits per heavy atom. The minimum absolute atomic E-state index is 0.0496. The minimum atomic E-state index is -1.60. The highest BCUT2D eigenvalue weighted by atomic mass is 32.2. The Labute approximate surface area is 126 Å². The molecule has 0 saturated carbocycles. The topological polar surface area (TPSA) is 92.7 Å². The second-order valence-corrected chi connectivity index (χ2v) is 6.18. The summed E-state index contributed by atoms with van der Waals surface area (Å²) in [5, 5.41) is 10.8. The number of hydrogen-bond donors (Lipinski definition) is 2. The number of carbonyl (C=O) groups excluding carboxylic acids is 1. The number of ether oxygens (including phenoxy) is 1. The third-order valence-corrected chi connectivity index (χ3v) is 4.40. The molecule has 116 valence electrons. The van der Waals surface area contributed by atoms with Crippen LogP contribution in [0, 0.1) is 0 Å². The van der Waals surface area contributed by atoms with Crippen LogP contribution in [0.15, 0.2) is 29.2 Å². The number of rotatable bonds is 8. The molecular weight excluding hydrogens is 294 g/mol. The van der Waals surface area contributed by atoms with Crippen LogP contribution in [0.5, 0.6) is 0 Å². The third-order valence-electron chi connectivity index (χ3n) is 2.83. The van der Waals surface area contributed by atoms with Crippen LogP contribution in [0.2, 0.25) is 0 Å². The second-order valence-electron chi connectivity index (χ2n) is 4.41. The van der Waals surface area contributed by atoms with Gasteiger partial charge in [-0.2, -0.15) is 0 Å². The number of amides is 1. The van der Waals surface area contributed by atoms with E-state index in [2.05, 4.69) is 5.32 Å². The van der Waals surface area contributed by atoms with E-state index in [0.29, 0.717) is 24.5 Å². The van der Waals surface area contributed by atoms with E-state index in [1.54, 1.807) is 20.1 Å². The van der Waals surface area contributed by atoms with Gasteiger partial charge >= 0.3 is 5.97 Å². The van der Waals surface area contributed by atoms with E-state index in [4.69, 9.17) is 9.84 Å². The van der Waals surface area contributed by atoms with Crippen LogP contribution in [0.3, 0.4) is 0 Å². The largest absolute Gasteiger partial charge is 0.478 e. The molecule has 0 aliphatic carbocycles. The van der Waals surface area contributed by atoms with E-state index >= 15 is 0 Å². The summed E-state index contributed by atoms with van der Waals surface area (Å²) in [7, 11) is -0.0206. The summed E-state index contributed by atoms with van der Waals surface area (Å²) in [6.45, 7) is 2.54. The molecular formula is C14H19NO5S. The van der Waals surface area contributed by atoms with E-state index in [1.165, 1.54) is 18.2 Å². The fourth-order valence-electron chi connectivity index (χ4n) is 1.63. The lowest BCUT2D eigenvalue weighted by molar-refractivity contribution is -0.120. The number of carboxylic acids is 1. The van der Waals surface area contributed by atoms with Crippen molar-refractivity contribution >= 4 is 22.7 Å². The minimum Gasteiger partial charge on any atom is -0.478 e. The van der Waals surface area contributed by atoms with Crippen LogP contribution >= 0.6 is 0 Å². The van der Waals surface area contributed by atoms with Crippen molar-refractivity contribution in [1.29, 1.82) is 0 Å². The van der Waals surface area contributed by atoms with Crippen molar-refractivity contribution in [3.8, 4) is 0 Å². The van der Waals surface area contributed by atoms with Crippen LogP contribution in [0.25, 0.3) is 0 Å². The number of methoxy groups -OCH3 is 1. The predicted molar refractivity (Wildman–Crippen MR) is 78.8 cm³/mol. The zero-order valence-electron chi connectivity index (χ0n) is 12.0. The molecule has 0 aromatic heterocycles. The molecule has 2 N–H and O–H groups in total. The third kappa shape index (κ3) is 5.28. The highest BCUT2D eigenvalue weighted by Crippen LogP contribution is 2.14. The van der Waals surface area contributed by atoms with Gasteiger partial charge in [-0.1, -0.05) is 6.07 Å². The van der Waals surface area contributed by atoms with Crippen LogP contribution in [-0.2, 0) is 20.3 Å². The van der Waals surface area contributed by atoms with Crippen LogP contribution in [0.4, 0.5) is 0 Å². The smallest absolute Gasteiger partial charge is 0.335 e. The summed E-state index contributed by atoms with van der Waals surface area (Å²) in [4.78, 5) is 23.1. The molecule has 0 saturated heterocycles. The molecule has 21 heavy (non-hydrogen) atoms. The predicted octanol–water partition coefficient (Wildman–Crippen LogP) is 1.03. The summed E-state index contributed by atoms with van der Waals surface area (Å²) >= 11 is 0. The van der Waals surface area contributed by atoms with E-state index < -0.39 is 22.0 Å². The average molecular weight is 313 g/mol. The van der Waals surface area contributed by atoms with E-state index in [1.807, 2.05) is 0 Å². The Balaban J connectivity index is 2.67. The van der Waals surface area contributed by atoms with Gasteiger partial charge in [0.05, 0.1) is 16.4 Å². The summed E-state index contributed by atoms with van der Waals surface area (Å²) < 4.78 is 17.2. The summed E-state index contributed by atoms with van der Waals surface area (Å²) in [6.07, 6.45) is 0.677. The lowest BCUT2D eigenvalue weighted by Gasteiger charge is -2.12. The molecule has 1 aromatic rings. The summed E-state index contributed by atoms with van der Waals surface area (Å²) in [6, 6.07) is 5.81. The molecule has 1 aromatic carbocycles. The first-order valence-electron chi connectivity index (χ1n) is 6.48. The maximum Gasteiger partial charge on any atom is 0.335 e. The van der Waals surface area contributed by atoms with Crippen molar-refractivity contribution in [2.24, 2.45) is 0 Å². The first kappa shape index (κ1) is 17.3. The van der Waals surface area contributed by atoms with Crippen molar-refractivity contribution in [3.63, 3.8) is 0 Å². The fraction of sp³-hybridized carbons (Fsp3) is 0.429. The number of carbonyl (C=O) groups is 2. The second kappa shape index (κ2) is 8.53. The quantitative estimate of drug-likeness (QED) is 0.699. The number of carboxylic acid groups (broad SMARTS) is 1. The number of aromatic carboxylic acids is 1. The molecule has 1 rings (SSSR count). The fourth-order valence-corrected chi connectivity index (χ4v) is 2.77. The molecule has 2 unspecified atom stereocenters. The lowest BCUT2D eigenvalue weighted by Crippen LogP contribution is -2.36. The van der Waals surface area contributed by atoms with Crippen molar-refractivity contribution < 1.29 is 23.6 Å². The SMILES string of the molecule is COCCCNC(=O)C(C)S(=O)c1cccc(C(=O)O)c1. The molecule has 2 atom stereocenters. The Kier molecular flexibility index (Phi) is 7.04. The monoisotopic (exact) mass is 313 g/mol. The van der Waals surface area contributed by atoms with Gasteiger partial charge in [0.1, 0.15) is 5.25 Å². The highest BCUT2D eigenvalue weighted by molar-refractivity contribution is 7.86. The van der Waals surface area contributed by atoms with Gasteiger partial charge in [-0.05, 0) is 31.5 Å². The summed E-state index contributed by atoms with van der Waals surface area (Å²) in [5.41, 5.74) is 0.0496. The molecule has 0 radical (unpaired) electrons. The Morgan fingerprint density at radius 1 is 1.43 bits per heavy atom. The first-order chi connectivity index (χ1) is 9.97. The van der Waals surface area contributed by atoms with Gasteiger partial charge in [0.2, 0.25) is 5.91 Å². The van der Waals surface area contributed by atoms with Gasteiger partial charge < -0.3 is 15.2 Å². The van der Waals surface area contributed by atoms with E-state index in [-0.39, 0.29) is 11.5 Å². The number of hydrogen-bond acceptors (Lipinski definition) is 4. The molecule has 6 nitrogen and oxygen atoms in total. The number of benzene rings is 1. The molecule has 7 heteroatoms. The van der Waals surface area contributed by atoms with Gasteiger partial charge in [-0.3, -0.25) is 9.00 Å². The average Bonchev–Trinajstić information content (AvgIpc) is 2.50. The van der Waals surface area contributed by atoms with Gasteiger partial charge in [-0.25, -0.2) is 4.79 Å². The van der Waals surface area contributed by atoms with Gasteiger partial charge in [0.25, 0.3) is 0 Å². The first-order valence-corrected chi connectivity index (χ1v) is 7.69. The highest BCUT2D eigenvalue weighted by Gasteiger charge is 2.21. The van der Waals surface area contributed by atoms with Crippen LogP contribution in [0.1, 0.15) is 23.7 Å². The molecule has 0 aliphatic heterocycles. The Hall–Kier alpha value is -1.73. The molecule has 0 heterocycles. The maximum atomic E-state index is 12.3. The normalized spacial score (nSPS) is 13.4. The Morgan fingerprint density at radius 3 is 2.76 bits per heavy atom. The standard InChI is InChI=1S/C14H19NO5S/c1-10(13(16)15-7-4-8-20-2)21(19)12-6-3-5-11(9-12)14(17)18/h3,5-6,9-10H,4,7-8H2,1-2H3,(H,15,16)(H,17,18). The number of nitrogens with one attached hydrogen (secondary N) is 1. The van der Waals surface area contributed by atoms with E-state index in [9.17, 15) is 13.8 Å². The maximum absolute atomic E-state index is 12.3. The van der Waals surface area contributed by atoms with Crippen molar-refractivity contribution in [1.82, 2.24) is 5.32 Å². The van der Waals surface area contributed by atoms with Crippen molar-refractivity contribution in [2.45, 2.75) is 23.5 Å². The van der Waals surface area contributed by atoms with Crippen molar-refractivity contribution in [3.05, 3.63) is 29.8 Å². The zero-order chi connectivity index (χ0) is 15.8. The van der Waals surface area contributed by atoms with Gasteiger partial charge in [-0.15, -0.1) is 0 Å². The molecule has 0 spiro atoms. The van der Waals surface area contributed by atoms with Crippen molar-refractivity contribution in [2.75, 3.05) is 20.3 Å².